The number of hydrogen-bond donors (Lipinski definition) is 1. The molecular weight excluding hydrogens is 386 g/mol. The third kappa shape index (κ3) is 4.47. The molecule has 11 heteroatoms. The molecule has 1 aliphatic rings. The molecule has 3 heterocycles. The topological polar surface area (TPSA) is 118 Å². The number of anilines is 2. The van der Waals surface area contributed by atoms with Gasteiger partial charge in [0.25, 0.3) is 0 Å². The lowest BCUT2D eigenvalue weighted by Crippen LogP contribution is -2.27. The molecule has 0 aromatic carbocycles. The summed E-state index contributed by atoms with van der Waals surface area (Å²) in [4.78, 5) is 19.0. The van der Waals surface area contributed by atoms with Crippen molar-refractivity contribution in [3.8, 4) is 0 Å². The molecular formula is C16H23N7O2S2. The van der Waals surface area contributed by atoms with E-state index in [1.165, 1.54) is 22.3 Å². The Balaban J connectivity index is 1.75. The van der Waals surface area contributed by atoms with Crippen LogP contribution in [0.4, 0.5) is 11.9 Å². The van der Waals surface area contributed by atoms with Gasteiger partial charge in [-0.05, 0) is 31.9 Å². The number of aromatic nitrogens is 4. The van der Waals surface area contributed by atoms with Gasteiger partial charge in [-0.3, -0.25) is 0 Å². The molecule has 0 spiro atoms. The first-order valence-corrected chi connectivity index (χ1v) is 10.9. The molecule has 1 unspecified atom stereocenters. The number of sulfonamides is 1. The van der Waals surface area contributed by atoms with Crippen molar-refractivity contribution in [1.82, 2.24) is 24.2 Å². The van der Waals surface area contributed by atoms with Crippen molar-refractivity contribution in [3.05, 3.63) is 24.2 Å². The van der Waals surface area contributed by atoms with Crippen LogP contribution in [0.1, 0.15) is 30.8 Å². The minimum atomic E-state index is -3.45. The molecule has 27 heavy (non-hydrogen) atoms. The van der Waals surface area contributed by atoms with Crippen molar-refractivity contribution in [2.45, 2.75) is 34.9 Å². The Morgan fingerprint density at radius 3 is 2.48 bits per heavy atom. The molecule has 2 aromatic heterocycles. The molecule has 0 radical (unpaired) electrons. The van der Waals surface area contributed by atoms with Crippen LogP contribution in [-0.4, -0.2) is 59.8 Å². The lowest BCUT2D eigenvalue weighted by Gasteiger charge is -2.16. The van der Waals surface area contributed by atoms with Crippen LogP contribution in [0.25, 0.3) is 0 Å². The zero-order valence-electron chi connectivity index (χ0n) is 15.5. The zero-order chi connectivity index (χ0) is 19.6. The second-order valence-corrected chi connectivity index (χ2v) is 9.75. The molecule has 146 valence electrons. The number of hydrogen-bond acceptors (Lipinski definition) is 9. The van der Waals surface area contributed by atoms with Crippen LogP contribution < -0.4 is 10.6 Å². The summed E-state index contributed by atoms with van der Waals surface area (Å²) < 4.78 is 26.6. The van der Waals surface area contributed by atoms with E-state index in [9.17, 15) is 8.42 Å². The van der Waals surface area contributed by atoms with Gasteiger partial charge >= 0.3 is 0 Å². The molecule has 9 nitrogen and oxygen atoms in total. The largest absolute Gasteiger partial charge is 0.368 e. The van der Waals surface area contributed by atoms with Crippen LogP contribution in [0.5, 0.6) is 0 Å². The Morgan fingerprint density at radius 2 is 1.89 bits per heavy atom. The molecule has 1 atom stereocenters. The molecule has 0 amide bonds. The Hall–Kier alpha value is -1.98. The van der Waals surface area contributed by atoms with Gasteiger partial charge in [-0.2, -0.15) is 19.3 Å². The Labute approximate surface area is 163 Å². The van der Waals surface area contributed by atoms with Gasteiger partial charge in [-0.25, -0.2) is 13.4 Å². The highest BCUT2D eigenvalue weighted by Gasteiger charge is 2.27. The summed E-state index contributed by atoms with van der Waals surface area (Å²) in [6.07, 6.45) is 3.22. The predicted octanol–water partition coefficient (Wildman–Crippen LogP) is 1.55. The molecule has 1 saturated heterocycles. The fraction of sp³-hybridized carbons (Fsp3) is 0.500. The van der Waals surface area contributed by atoms with Crippen molar-refractivity contribution >= 4 is 33.7 Å². The quantitative estimate of drug-likeness (QED) is 0.709. The highest BCUT2D eigenvalue weighted by atomic mass is 32.2. The van der Waals surface area contributed by atoms with Gasteiger partial charge in [-0.15, -0.1) is 0 Å². The van der Waals surface area contributed by atoms with Crippen LogP contribution in [0.2, 0.25) is 0 Å². The van der Waals surface area contributed by atoms with Crippen LogP contribution >= 0.6 is 11.8 Å². The molecule has 1 aliphatic heterocycles. The van der Waals surface area contributed by atoms with E-state index in [1.54, 1.807) is 17.0 Å². The standard InChI is InChI=1S/C16H23N7O2S2/c1-11(14-19-15(17)21-16(20-14)22(2)3)26-13-7-6-12(10-18-13)27(24,25)23-8-4-5-9-23/h6-7,10-11H,4-5,8-9H2,1-3H3,(H2,17,19,20,21). The maximum Gasteiger partial charge on any atom is 0.244 e. The molecule has 2 N–H and O–H groups in total. The van der Waals surface area contributed by atoms with E-state index in [4.69, 9.17) is 5.73 Å². The highest BCUT2D eigenvalue weighted by Crippen LogP contribution is 2.33. The van der Waals surface area contributed by atoms with Gasteiger partial charge in [0.1, 0.15) is 10.7 Å². The molecule has 2 aromatic rings. The van der Waals surface area contributed by atoms with Crippen LogP contribution in [-0.2, 0) is 10.0 Å². The van der Waals surface area contributed by atoms with E-state index < -0.39 is 10.0 Å². The van der Waals surface area contributed by atoms with Crippen molar-refractivity contribution in [1.29, 1.82) is 0 Å². The summed E-state index contributed by atoms with van der Waals surface area (Å²) in [5, 5.41) is 0.566. The molecule has 0 saturated carbocycles. The van der Waals surface area contributed by atoms with Gasteiger partial charge in [0.15, 0.2) is 0 Å². The first kappa shape index (κ1) is 19.8. The van der Waals surface area contributed by atoms with Gasteiger partial charge in [0.2, 0.25) is 21.9 Å². The van der Waals surface area contributed by atoms with E-state index in [0.29, 0.717) is 29.9 Å². The second kappa shape index (κ2) is 7.95. The number of nitrogen functional groups attached to an aromatic ring is 1. The average molecular weight is 410 g/mol. The minimum Gasteiger partial charge on any atom is -0.368 e. The van der Waals surface area contributed by atoms with E-state index in [1.807, 2.05) is 21.0 Å². The fourth-order valence-electron chi connectivity index (χ4n) is 2.68. The van der Waals surface area contributed by atoms with Crippen LogP contribution in [0.3, 0.4) is 0 Å². The molecule has 3 rings (SSSR count). The minimum absolute atomic E-state index is 0.123. The van der Waals surface area contributed by atoms with Crippen molar-refractivity contribution in [3.63, 3.8) is 0 Å². The SMILES string of the molecule is CC(Sc1ccc(S(=O)(=O)N2CCCC2)cn1)c1nc(N)nc(N(C)C)n1. The zero-order valence-corrected chi connectivity index (χ0v) is 17.2. The summed E-state index contributed by atoms with van der Waals surface area (Å²) in [6.45, 7) is 3.09. The van der Waals surface area contributed by atoms with Crippen molar-refractivity contribution in [2.75, 3.05) is 37.8 Å². The molecule has 0 aliphatic carbocycles. The van der Waals surface area contributed by atoms with Gasteiger partial charge in [0.05, 0.1) is 10.3 Å². The summed E-state index contributed by atoms with van der Waals surface area (Å²) in [5.74, 6) is 1.20. The third-order valence-corrected chi connectivity index (χ3v) is 7.06. The lowest BCUT2D eigenvalue weighted by atomic mass is 10.4. The summed E-state index contributed by atoms with van der Waals surface area (Å²) in [7, 11) is 0.211. The fourth-order valence-corrected chi connectivity index (χ4v) is 4.98. The van der Waals surface area contributed by atoms with E-state index in [-0.39, 0.29) is 16.1 Å². The van der Waals surface area contributed by atoms with Gasteiger partial charge in [-0.1, -0.05) is 11.8 Å². The summed E-state index contributed by atoms with van der Waals surface area (Å²) in [6, 6.07) is 3.31. The van der Waals surface area contributed by atoms with E-state index in [0.717, 1.165) is 12.8 Å². The highest BCUT2D eigenvalue weighted by molar-refractivity contribution is 7.99. The third-order valence-electron chi connectivity index (χ3n) is 4.13. The summed E-state index contributed by atoms with van der Waals surface area (Å²) in [5.41, 5.74) is 5.77. The predicted molar refractivity (Wildman–Crippen MR) is 105 cm³/mol. The van der Waals surface area contributed by atoms with Crippen LogP contribution in [0, 0.1) is 0 Å². The normalized spacial score (nSPS) is 16.4. The first-order valence-electron chi connectivity index (χ1n) is 8.59. The molecule has 0 bridgehead atoms. The van der Waals surface area contributed by atoms with Crippen molar-refractivity contribution < 1.29 is 8.42 Å². The Kier molecular flexibility index (Phi) is 5.82. The van der Waals surface area contributed by atoms with E-state index in [2.05, 4.69) is 19.9 Å². The van der Waals surface area contributed by atoms with Crippen molar-refractivity contribution in [2.24, 2.45) is 0 Å². The van der Waals surface area contributed by atoms with Gasteiger partial charge in [0, 0.05) is 33.4 Å². The van der Waals surface area contributed by atoms with E-state index >= 15 is 0 Å². The maximum atomic E-state index is 12.6. The second-order valence-electron chi connectivity index (χ2n) is 6.45. The summed E-state index contributed by atoms with van der Waals surface area (Å²) >= 11 is 1.43. The Morgan fingerprint density at radius 1 is 1.19 bits per heavy atom. The number of rotatable bonds is 6. The Bertz CT molecular complexity index is 897. The van der Waals surface area contributed by atoms with Gasteiger partial charge < -0.3 is 10.6 Å². The molecule has 1 fully saturated rings. The smallest absolute Gasteiger partial charge is 0.244 e. The lowest BCUT2D eigenvalue weighted by molar-refractivity contribution is 0.477. The maximum absolute atomic E-state index is 12.6. The average Bonchev–Trinajstić information content (AvgIpc) is 3.17. The number of pyridine rings is 1. The first-order chi connectivity index (χ1) is 12.8. The number of nitrogens with zero attached hydrogens (tertiary/aromatic N) is 6. The number of thioether (sulfide) groups is 1. The van der Waals surface area contributed by atoms with Crippen LogP contribution in [0.15, 0.2) is 28.3 Å². The monoisotopic (exact) mass is 409 g/mol. The number of nitrogens with two attached hydrogens (primary N) is 1.